The third kappa shape index (κ3) is 5.31. The number of benzene rings is 1. The number of carbonyl (C=O) groups is 1. The van der Waals surface area contributed by atoms with Gasteiger partial charge in [0, 0.05) is 54.6 Å². The number of hydrogen-bond acceptors (Lipinski definition) is 7. The van der Waals surface area contributed by atoms with Gasteiger partial charge >= 0.3 is 6.03 Å². The van der Waals surface area contributed by atoms with E-state index in [9.17, 15) is 4.79 Å². The molecule has 1 aliphatic rings. The molecule has 3 aromatic rings. The average Bonchev–Trinajstić information content (AvgIpc) is 3.13. The lowest BCUT2D eigenvalue weighted by molar-refractivity contribution is 0.217. The summed E-state index contributed by atoms with van der Waals surface area (Å²) in [6.07, 6.45) is 1.18. The molecule has 10 heteroatoms. The highest BCUT2D eigenvalue weighted by Gasteiger charge is 2.18. The number of urea groups is 1. The van der Waals surface area contributed by atoms with Gasteiger partial charge in [-0.1, -0.05) is 0 Å². The largest absolute Gasteiger partial charge is 0.356 e. The molecule has 1 saturated heterocycles. The minimum Gasteiger partial charge on any atom is -0.356 e. The molecule has 168 valence electrons. The zero-order chi connectivity index (χ0) is 22.5. The SMILES string of the molecule is CCN(CC)C(=O)Nc1ccc(Sc2nc(Nc3cc(C)[nH]n3)cc(N3CCC3)n2)cc1. The molecule has 4 rings (SSSR count). The number of rotatable bonds is 8. The van der Waals surface area contributed by atoms with Gasteiger partial charge in [0.05, 0.1) is 0 Å². The van der Waals surface area contributed by atoms with Crippen LogP contribution in [0.25, 0.3) is 0 Å². The van der Waals surface area contributed by atoms with E-state index in [-0.39, 0.29) is 6.03 Å². The molecule has 3 heterocycles. The summed E-state index contributed by atoms with van der Waals surface area (Å²) in [5, 5.41) is 14.0. The number of H-pyrrole nitrogens is 1. The highest BCUT2D eigenvalue weighted by atomic mass is 32.2. The number of nitrogens with zero attached hydrogens (tertiary/aromatic N) is 5. The molecule has 1 fully saturated rings. The van der Waals surface area contributed by atoms with Crippen molar-refractivity contribution < 1.29 is 4.79 Å². The van der Waals surface area contributed by atoms with Crippen molar-refractivity contribution in [2.75, 3.05) is 41.7 Å². The zero-order valence-electron chi connectivity index (χ0n) is 18.6. The van der Waals surface area contributed by atoms with Gasteiger partial charge in [-0.25, -0.2) is 14.8 Å². The Morgan fingerprint density at radius 2 is 1.88 bits per heavy atom. The van der Waals surface area contributed by atoms with Crippen LogP contribution in [0.5, 0.6) is 0 Å². The molecule has 2 amide bonds. The predicted molar refractivity (Wildman–Crippen MR) is 128 cm³/mol. The van der Waals surface area contributed by atoms with Crippen LogP contribution in [-0.4, -0.2) is 57.3 Å². The maximum atomic E-state index is 12.2. The van der Waals surface area contributed by atoms with Crippen LogP contribution in [0.3, 0.4) is 0 Å². The van der Waals surface area contributed by atoms with Gasteiger partial charge in [0.25, 0.3) is 0 Å². The van der Waals surface area contributed by atoms with Crippen molar-refractivity contribution in [3.05, 3.63) is 42.1 Å². The number of anilines is 4. The second kappa shape index (κ2) is 9.90. The summed E-state index contributed by atoms with van der Waals surface area (Å²) in [4.78, 5) is 26.6. The molecular weight excluding hydrogens is 424 g/mol. The van der Waals surface area contributed by atoms with Crippen LogP contribution in [0.4, 0.5) is 27.9 Å². The van der Waals surface area contributed by atoms with Crippen molar-refractivity contribution in [2.24, 2.45) is 0 Å². The Hall–Kier alpha value is -3.27. The quantitative estimate of drug-likeness (QED) is 0.433. The van der Waals surface area contributed by atoms with E-state index in [1.54, 1.807) is 4.90 Å². The maximum Gasteiger partial charge on any atom is 0.321 e. The van der Waals surface area contributed by atoms with Crippen LogP contribution >= 0.6 is 11.8 Å². The van der Waals surface area contributed by atoms with E-state index in [0.29, 0.717) is 24.1 Å². The van der Waals surface area contributed by atoms with Gasteiger partial charge in [0.2, 0.25) is 0 Å². The van der Waals surface area contributed by atoms with E-state index < -0.39 is 0 Å². The molecule has 1 aromatic carbocycles. The van der Waals surface area contributed by atoms with E-state index in [0.717, 1.165) is 41.0 Å². The Kier molecular flexibility index (Phi) is 6.79. The standard InChI is InChI=1S/C22H28N8OS/c1-4-29(5-2)22(31)23-16-7-9-17(10-8-16)32-21-25-18(24-19-13-15(3)27-28-19)14-20(26-21)30-11-6-12-30/h7-10,13-14H,4-6,11-12H2,1-3H3,(H,23,31)(H2,24,25,26,27,28). The monoisotopic (exact) mass is 452 g/mol. The minimum absolute atomic E-state index is 0.0923. The summed E-state index contributed by atoms with van der Waals surface area (Å²) >= 11 is 1.49. The van der Waals surface area contributed by atoms with Crippen LogP contribution in [0, 0.1) is 6.92 Å². The lowest BCUT2D eigenvalue weighted by atomic mass is 10.2. The van der Waals surface area contributed by atoms with E-state index in [1.807, 2.05) is 57.2 Å². The fraction of sp³-hybridized carbons (Fsp3) is 0.364. The topological polar surface area (TPSA) is 102 Å². The molecule has 0 atom stereocenters. The highest BCUT2D eigenvalue weighted by molar-refractivity contribution is 7.99. The molecule has 32 heavy (non-hydrogen) atoms. The van der Waals surface area contributed by atoms with Gasteiger partial charge in [0.15, 0.2) is 11.0 Å². The van der Waals surface area contributed by atoms with E-state index in [4.69, 9.17) is 4.98 Å². The Balaban J connectivity index is 1.49. The summed E-state index contributed by atoms with van der Waals surface area (Å²) in [6, 6.07) is 11.5. The fourth-order valence-corrected chi connectivity index (χ4v) is 4.03. The summed E-state index contributed by atoms with van der Waals surface area (Å²) in [6.45, 7) is 9.25. The Bertz CT molecular complexity index is 1060. The Morgan fingerprint density at radius 3 is 2.47 bits per heavy atom. The number of aromatic nitrogens is 4. The van der Waals surface area contributed by atoms with Gasteiger partial charge in [-0.2, -0.15) is 5.10 Å². The van der Waals surface area contributed by atoms with Gasteiger partial charge in [0.1, 0.15) is 11.6 Å². The number of hydrogen-bond donors (Lipinski definition) is 3. The predicted octanol–water partition coefficient (Wildman–Crippen LogP) is 4.49. The zero-order valence-corrected chi connectivity index (χ0v) is 19.4. The molecule has 0 unspecified atom stereocenters. The second-order valence-electron chi connectivity index (χ2n) is 7.52. The van der Waals surface area contributed by atoms with Crippen LogP contribution in [0.1, 0.15) is 26.0 Å². The number of aryl methyl sites for hydroxylation is 1. The third-order valence-electron chi connectivity index (χ3n) is 5.20. The normalized spacial score (nSPS) is 12.9. The smallest absolute Gasteiger partial charge is 0.321 e. The molecular formula is C22H28N8OS. The first-order chi connectivity index (χ1) is 15.5. The lowest BCUT2D eigenvalue weighted by Gasteiger charge is -2.32. The Labute approximate surface area is 192 Å². The summed E-state index contributed by atoms with van der Waals surface area (Å²) in [7, 11) is 0. The first kappa shape index (κ1) is 21.9. The van der Waals surface area contributed by atoms with E-state index in [2.05, 4.69) is 30.7 Å². The van der Waals surface area contributed by atoms with Crippen molar-refractivity contribution in [3.8, 4) is 0 Å². The van der Waals surface area contributed by atoms with E-state index >= 15 is 0 Å². The van der Waals surface area contributed by atoms with Gasteiger partial charge in [-0.3, -0.25) is 5.10 Å². The van der Waals surface area contributed by atoms with Crippen LogP contribution < -0.4 is 15.5 Å². The summed E-state index contributed by atoms with van der Waals surface area (Å²) < 4.78 is 0. The number of nitrogens with one attached hydrogen (secondary N) is 3. The molecule has 0 aliphatic carbocycles. The summed E-state index contributed by atoms with van der Waals surface area (Å²) in [5.74, 6) is 2.34. The second-order valence-corrected chi connectivity index (χ2v) is 8.57. The molecule has 9 nitrogen and oxygen atoms in total. The van der Waals surface area contributed by atoms with Crippen molar-refractivity contribution in [2.45, 2.75) is 37.2 Å². The fourth-order valence-electron chi connectivity index (χ4n) is 3.27. The molecule has 2 aromatic heterocycles. The molecule has 0 radical (unpaired) electrons. The van der Waals surface area contributed by atoms with Crippen molar-refractivity contribution >= 4 is 40.9 Å². The first-order valence-corrected chi connectivity index (χ1v) is 11.6. The molecule has 0 bridgehead atoms. The summed E-state index contributed by atoms with van der Waals surface area (Å²) in [5.41, 5.74) is 1.74. The van der Waals surface area contributed by atoms with Crippen molar-refractivity contribution in [1.29, 1.82) is 0 Å². The van der Waals surface area contributed by atoms with Crippen molar-refractivity contribution in [1.82, 2.24) is 25.1 Å². The van der Waals surface area contributed by atoms with Gasteiger partial charge in [-0.05, 0) is 63.2 Å². The molecule has 0 saturated carbocycles. The minimum atomic E-state index is -0.0923. The van der Waals surface area contributed by atoms with Crippen LogP contribution in [-0.2, 0) is 0 Å². The molecule has 3 N–H and O–H groups in total. The number of carbonyl (C=O) groups excluding carboxylic acids is 1. The van der Waals surface area contributed by atoms with Crippen molar-refractivity contribution in [3.63, 3.8) is 0 Å². The molecule has 0 spiro atoms. The van der Waals surface area contributed by atoms with Crippen LogP contribution in [0.2, 0.25) is 0 Å². The maximum absolute atomic E-state index is 12.2. The number of aromatic amines is 1. The van der Waals surface area contributed by atoms with Gasteiger partial charge in [-0.15, -0.1) is 0 Å². The Morgan fingerprint density at radius 1 is 1.12 bits per heavy atom. The van der Waals surface area contributed by atoms with Crippen LogP contribution in [0.15, 0.2) is 46.5 Å². The molecule has 1 aliphatic heterocycles. The van der Waals surface area contributed by atoms with E-state index in [1.165, 1.54) is 18.2 Å². The lowest BCUT2D eigenvalue weighted by Crippen LogP contribution is -2.37. The average molecular weight is 453 g/mol. The highest BCUT2D eigenvalue weighted by Crippen LogP contribution is 2.31. The number of amides is 2. The van der Waals surface area contributed by atoms with Gasteiger partial charge < -0.3 is 20.4 Å². The third-order valence-corrected chi connectivity index (χ3v) is 6.07. The first-order valence-electron chi connectivity index (χ1n) is 10.8.